The smallest absolute Gasteiger partial charge is 0.255 e. The molecule has 10 heteroatoms. The molecule has 0 bridgehead atoms. The van der Waals surface area contributed by atoms with Gasteiger partial charge in [0.1, 0.15) is 5.82 Å². The average molecular weight is 435 g/mol. The number of imidazole rings is 1. The van der Waals surface area contributed by atoms with Crippen LogP contribution < -0.4 is 10.2 Å². The Bertz CT molecular complexity index is 1170. The first kappa shape index (κ1) is 19.4. The zero-order chi connectivity index (χ0) is 21.8. The molecule has 0 spiro atoms. The Morgan fingerprint density at radius 1 is 1.22 bits per heavy atom. The number of nitrogens with zero attached hydrogens (tertiary/aromatic N) is 7. The minimum absolute atomic E-state index is 0.0712. The molecule has 3 aliphatic rings. The molecule has 1 saturated heterocycles. The van der Waals surface area contributed by atoms with Gasteiger partial charge in [0.2, 0.25) is 0 Å². The number of amides is 1. The number of hydrogen-bond donors (Lipinski definition) is 2. The van der Waals surface area contributed by atoms with Crippen LogP contribution in [-0.2, 0) is 26.6 Å². The summed E-state index contributed by atoms with van der Waals surface area (Å²) in [7, 11) is 1.98. The second-order valence-electron chi connectivity index (χ2n) is 9.12. The summed E-state index contributed by atoms with van der Waals surface area (Å²) in [6, 6.07) is -0.0712. The largest absolute Gasteiger partial charge is 0.390 e. The molecule has 1 saturated carbocycles. The quantitative estimate of drug-likeness (QED) is 0.590. The summed E-state index contributed by atoms with van der Waals surface area (Å²) in [5.74, 6) is 2.26. The number of aliphatic hydroxyl groups excluding tert-OH is 1. The van der Waals surface area contributed by atoms with E-state index in [-0.39, 0.29) is 18.6 Å². The summed E-state index contributed by atoms with van der Waals surface area (Å²) in [5, 5.41) is 17.2. The zero-order valence-corrected chi connectivity index (χ0v) is 18.0. The van der Waals surface area contributed by atoms with Crippen LogP contribution in [0.5, 0.6) is 0 Å². The topological polar surface area (TPSA) is 114 Å². The molecule has 2 fully saturated rings. The van der Waals surface area contributed by atoms with Gasteiger partial charge < -0.3 is 19.9 Å². The highest BCUT2D eigenvalue weighted by Crippen LogP contribution is 2.45. The van der Waals surface area contributed by atoms with Crippen molar-refractivity contribution in [1.82, 2.24) is 34.6 Å². The fraction of sp³-hybridized carbons (Fsp3) is 0.500. The van der Waals surface area contributed by atoms with Gasteiger partial charge in [-0.1, -0.05) is 0 Å². The van der Waals surface area contributed by atoms with Crippen LogP contribution in [0, 0.1) is 11.8 Å². The SMILES string of the molecule is Cn1cnc2c1CC[C@H]2NC(=O)c1cnn(Cc2ncc(N3CC4CC4C3)nc2CO)c1. The summed E-state index contributed by atoms with van der Waals surface area (Å²) < 4.78 is 3.67. The molecular weight excluding hydrogens is 408 g/mol. The van der Waals surface area contributed by atoms with Crippen LogP contribution >= 0.6 is 0 Å². The second kappa shape index (κ2) is 7.40. The molecule has 166 valence electrons. The van der Waals surface area contributed by atoms with Crippen molar-refractivity contribution in [1.29, 1.82) is 0 Å². The first-order chi connectivity index (χ1) is 15.6. The van der Waals surface area contributed by atoms with E-state index < -0.39 is 0 Å². The van der Waals surface area contributed by atoms with Crippen LogP contribution in [0.3, 0.4) is 0 Å². The van der Waals surface area contributed by atoms with E-state index in [1.165, 1.54) is 12.1 Å². The van der Waals surface area contributed by atoms with Crippen LogP contribution in [0.1, 0.15) is 52.0 Å². The van der Waals surface area contributed by atoms with E-state index in [4.69, 9.17) is 0 Å². The molecule has 32 heavy (non-hydrogen) atoms. The first-order valence-electron chi connectivity index (χ1n) is 11.1. The fourth-order valence-electron chi connectivity index (χ4n) is 5.03. The molecule has 0 radical (unpaired) electrons. The maximum absolute atomic E-state index is 12.8. The van der Waals surface area contributed by atoms with Gasteiger partial charge in [-0.25, -0.2) is 9.97 Å². The Balaban J connectivity index is 1.13. The molecule has 2 N–H and O–H groups in total. The zero-order valence-electron chi connectivity index (χ0n) is 18.0. The van der Waals surface area contributed by atoms with Crippen molar-refractivity contribution >= 4 is 11.7 Å². The monoisotopic (exact) mass is 434 g/mol. The number of aryl methyl sites for hydroxylation is 1. The number of carbonyl (C=O) groups excluding carboxylic acids is 1. The maximum atomic E-state index is 12.8. The lowest BCUT2D eigenvalue weighted by molar-refractivity contribution is 0.0936. The van der Waals surface area contributed by atoms with Gasteiger partial charge in [0.15, 0.2) is 0 Å². The van der Waals surface area contributed by atoms with Crippen molar-refractivity contribution < 1.29 is 9.90 Å². The number of hydrogen-bond acceptors (Lipinski definition) is 7. The van der Waals surface area contributed by atoms with Crippen LogP contribution in [0.4, 0.5) is 5.82 Å². The van der Waals surface area contributed by atoms with Gasteiger partial charge in [-0.3, -0.25) is 14.5 Å². The Labute approximate surface area is 185 Å². The van der Waals surface area contributed by atoms with E-state index in [0.29, 0.717) is 23.5 Å². The van der Waals surface area contributed by atoms with Crippen LogP contribution in [0.2, 0.25) is 0 Å². The minimum atomic E-state index is -0.181. The van der Waals surface area contributed by atoms with Crippen molar-refractivity contribution in [2.24, 2.45) is 18.9 Å². The Kier molecular flexibility index (Phi) is 4.49. The summed E-state index contributed by atoms with van der Waals surface area (Å²) in [4.78, 5) is 28.6. The standard InChI is InChI=1S/C22H26N8O2/c1-28-12-24-21-16(2-3-19(21)28)27-22(32)15-5-25-30(9-15)10-17-18(11-31)26-20(6-23-17)29-7-13-4-14(13)8-29/h5-6,9,12-14,16,31H,2-4,7-8,10-11H2,1H3,(H,27,32)/t13?,14?,16-/m1/s1. The predicted octanol–water partition coefficient (Wildman–Crippen LogP) is 0.821. The number of fused-ring (bicyclic) bond motifs is 2. The van der Waals surface area contributed by atoms with Crippen molar-refractivity contribution in [2.75, 3.05) is 18.0 Å². The van der Waals surface area contributed by atoms with Crippen LogP contribution in [-0.4, -0.2) is 53.4 Å². The average Bonchev–Trinajstić information content (AvgIpc) is 3.27. The summed E-state index contributed by atoms with van der Waals surface area (Å²) in [6.07, 6.45) is 9.92. The van der Waals surface area contributed by atoms with Crippen molar-refractivity contribution in [2.45, 2.75) is 38.5 Å². The number of carbonyl (C=O) groups is 1. The van der Waals surface area contributed by atoms with Crippen molar-refractivity contribution in [3.05, 3.63) is 53.3 Å². The number of anilines is 1. The van der Waals surface area contributed by atoms with E-state index in [9.17, 15) is 9.90 Å². The number of aliphatic hydroxyl groups is 1. The molecule has 1 aliphatic heterocycles. The Morgan fingerprint density at radius 2 is 2.06 bits per heavy atom. The highest BCUT2D eigenvalue weighted by molar-refractivity contribution is 5.94. The molecular formula is C22H26N8O2. The molecule has 3 aromatic rings. The molecule has 2 aliphatic carbocycles. The van der Waals surface area contributed by atoms with Gasteiger partial charge in [-0.2, -0.15) is 5.10 Å². The lowest BCUT2D eigenvalue weighted by Crippen LogP contribution is -2.27. The molecule has 10 nitrogen and oxygen atoms in total. The molecule has 2 unspecified atom stereocenters. The van der Waals surface area contributed by atoms with Gasteiger partial charge >= 0.3 is 0 Å². The van der Waals surface area contributed by atoms with Crippen molar-refractivity contribution in [3.63, 3.8) is 0 Å². The van der Waals surface area contributed by atoms with Gasteiger partial charge in [-0.15, -0.1) is 0 Å². The maximum Gasteiger partial charge on any atom is 0.255 e. The second-order valence-corrected chi connectivity index (χ2v) is 9.12. The highest BCUT2D eigenvalue weighted by atomic mass is 16.3. The summed E-state index contributed by atoms with van der Waals surface area (Å²) in [5.41, 5.74) is 3.82. The van der Waals surface area contributed by atoms with Crippen LogP contribution in [0.25, 0.3) is 0 Å². The predicted molar refractivity (Wildman–Crippen MR) is 115 cm³/mol. The van der Waals surface area contributed by atoms with Gasteiger partial charge in [0.05, 0.1) is 60.6 Å². The van der Waals surface area contributed by atoms with E-state index in [1.54, 1.807) is 29.6 Å². The number of nitrogens with one attached hydrogen (secondary N) is 1. The van der Waals surface area contributed by atoms with Gasteiger partial charge in [0, 0.05) is 32.0 Å². The lowest BCUT2D eigenvalue weighted by atomic mass is 10.2. The Morgan fingerprint density at radius 3 is 2.88 bits per heavy atom. The first-order valence-corrected chi connectivity index (χ1v) is 11.1. The molecule has 0 aromatic carbocycles. The van der Waals surface area contributed by atoms with Gasteiger partial charge in [-0.05, 0) is 31.1 Å². The minimum Gasteiger partial charge on any atom is -0.390 e. The number of aromatic nitrogens is 6. The third-order valence-corrected chi connectivity index (χ3v) is 6.97. The van der Waals surface area contributed by atoms with Crippen molar-refractivity contribution in [3.8, 4) is 0 Å². The molecule has 3 atom stereocenters. The van der Waals surface area contributed by atoms with E-state index in [0.717, 1.165) is 49.3 Å². The van der Waals surface area contributed by atoms with Gasteiger partial charge in [0.25, 0.3) is 5.91 Å². The molecule has 3 aromatic heterocycles. The highest BCUT2D eigenvalue weighted by Gasteiger charge is 2.45. The normalized spacial score (nSPS) is 23.3. The third kappa shape index (κ3) is 3.35. The number of rotatable bonds is 6. The summed E-state index contributed by atoms with van der Waals surface area (Å²) in [6.45, 7) is 2.22. The van der Waals surface area contributed by atoms with E-state index in [2.05, 4.69) is 30.3 Å². The third-order valence-electron chi connectivity index (χ3n) is 6.97. The van der Waals surface area contributed by atoms with E-state index >= 15 is 0 Å². The van der Waals surface area contributed by atoms with E-state index in [1.807, 2.05) is 11.6 Å². The fourth-order valence-corrected chi connectivity index (χ4v) is 5.03. The van der Waals surface area contributed by atoms with Crippen LogP contribution in [0.15, 0.2) is 24.9 Å². The lowest BCUT2D eigenvalue weighted by Gasteiger charge is -2.19. The summed E-state index contributed by atoms with van der Waals surface area (Å²) >= 11 is 0. The number of piperidine rings is 1. The molecule has 1 amide bonds. The molecule has 6 rings (SSSR count). The molecule has 4 heterocycles. The Hall–Kier alpha value is -3.27.